The predicted octanol–water partition coefficient (Wildman–Crippen LogP) is 1.52. The van der Waals surface area contributed by atoms with Gasteiger partial charge in [-0.1, -0.05) is 42.2 Å². The molecule has 1 fully saturated rings. The largest absolute Gasteiger partial charge is 0.448 e. The van der Waals surface area contributed by atoms with E-state index >= 15 is 0 Å². The lowest BCUT2D eigenvalue weighted by Gasteiger charge is -2.19. The molecule has 0 N–H and O–H groups in total. The van der Waals surface area contributed by atoms with Crippen molar-refractivity contribution in [3.8, 4) is 11.8 Å². The zero-order valence-corrected chi connectivity index (χ0v) is 8.81. The molecule has 2 rings (SSSR count). The molecular formula is C13H12O3. The fraction of sp³-hybridized carbons (Fsp3) is 0.308. The zero-order valence-electron chi connectivity index (χ0n) is 8.81. The van der Waals surface area contributed by atoms with Crippen LogP contribution in [0.15, 0.2) is 30.3 Å². The summed E-state index contributed by atoms with van der Waals surface area (Å²) < 4.78 is 10.1. The van der Waals surface area contributed by atoms with Crippen molar-refractivity contribution in [3.05, 3.63) is 35.9 Å². The first-order chi connectivity index (χ1) is 7.84. The van der Waals surface area contributed by atoms with Gasteiger partial charge < -0.3 is 9.47 Å². The van der Waals surface area contributed by atoms with Crippen LogP contribution in [0.1, 0.15) is 12.0 Å². The van der Waals surface area contributed by atoms with Crippen molar-refractivity contribution in [2.45, 2.75) is 19.1 Å². The third kappa shape index (κ3) is 3.11. The summed E-state index contributed by atoms with van der Waals surface area (Å²) >= 11 is 0. The van der Waals surface area contributed by atoms with Crippen molar-refractivity contribution in [2.75, 3.05) is 6.61 Å². The van der Waals surface area contributed by atoms with Crippen LogP contribution in [0.25, 0.3) is 0 Å². The zero-order chi connectivity index (χ0) is 11.2. The molecule has 0 amide bonds. The van der Waals surface area contributed by atoms with Gasteiger partial charge in [-0.05, 0) is 5.56 Å². The van der Waals surface area contributed by atoms with Crippen molar-refractivity contribution in [2.24, 2.45) is 0 Å². The van der Waals surface area contributed by atoms with Gasteiger partial charge in [-0.15, -0.1) is 0 Å². The molecule has 1 aromatic carbocycles. The van der Waals surface area contributed by atoms with Gasteiger partial charge in [-0.2, -0.15) is 0 Å². The van der Waals surface area contributed by atoms with Crippen LogP contribution < -0.4 is 0 Å². The van der Waals surface area contributed by atoms with Gasteiger partial charge in [0.1, 0.15) is 6.61 Å². The molecule has 16 heavy (non-hydrogen) atoms. The minimum atomic E-state index is -0.215. The lowest BCUT2D eigenvalue weighted by Crippen LogP contribution is -2.31. The Labute approximate surface area is 94.4 Å². The number of carbonyl (C=O) groups excluding carboxylic acids is 1. The third-order valence-corrected chi connectivity index (χ3v) is 2.17. The van der Waals surface area contributed by atoms with Gasteiger partial charge in [-0.3, -0.25) is 4.79 Å². The highest BCUT2D eigenvalue weighted by molar-refractivity contribution is 5.76. The molecule has 0 aliphatic carbocycles. The summed E-state index contributed by atoms with van der Waals surface area (Å²) in [6.45, 7) is 0.920. The summed E-state index contributed by atoms with van der Waals surface area (Å²) in [4.78, 5) is 10.5. The molecule has 1 saturated heterocycles. The average molecular weight is 216 g/mol. The smallest absolute Gasteiger partial charge is 0.311 e. The quantitative estimate of drug-likeness (QED) is 0.436. The molecule has 1 aliphatic heterocycles. The second kappa shape index (κ2) is 5.34. The number of hydrogen-bond donors (Lipinski definition) is 0. The minimum Gasteiger partial charge on any atom is -0.448 e. The highest BCUT2D eigenvalue weighted by atomic mass is 16.6. The van der Waals surface area contributed by atoms with Gasteiger partial charge in [0, 0.05) is 0 Å². The molecule has 0 aromatic heterocycles. The van der Waals surface area contributed by atoms with E-state index in [1.165, 1.54) is 0 Å². The standard InChI is InChI=1S/C13H12O3/c14-13-9-12(16-13)7-4-8-15-10-11-5-2-1-3-6-11/h1-3,5-6,12H,8-10H2. The van der Waals surface area contributed by atoms with Crippen LogP contribution in [0.2, 0.25) is 0 Å². The Bertz CT molecular complexity index is 406. The Balaban J connectivity index is 1.63. The van der Waals surface area contributed by atoms with Crippen LogP contribution >= 0.6 is 0 Å². The van der Waals surface area contributed by atoms with Gasteiger partial charge in [0.25, 0.3) is 0 Å². The highest BCUT2D eigenvalue weighted by Gasteiger charge is 2.25. The fourth-order valence-corrected chi connectivity index (χ4v) is 1.33. The first-order valence-corrected chi connectivity index (χ1v) is 5.14. The number of benzene rings is 1. The Morgan fingerprint density at radius 3 is 2.81 bits per heavy atom. The first-order valence-electron chi connectivity index (χ1n) is 5.14. The second-order valence-corrected chi connectivity index (χ2v) is 3.48. The summed E-state index contributed by atoms with van der Waals surface area (Å²) in [6, 6.07) is 9.91. The van der Waals surface area contributed by atoms with E-state index in [0.717, 1.165) is 5.56 Å². The van der Waals surface area contributed by atoms with E-state index in [4.69, 9.17) is 9.47 Å². The van der Waals surface area contributed by atoms with Crippen LogP contribution in [0.4, 0.5) is 0 Å². The van der Waals surface area contributed by atoms with E-state index in [0.29, 0.717) is 19.6 Å². The monoisotopic (exact) mass is 216 g/mol. The third-order valence-electron chi connectivity index (χ3n) is 2.17. The Kier molecular flexibility index (Phi) is 3.58. The van der Waals surface area contributed by atoms with E-state index in [1.54, 1.807) is 0 Å². The highest BCUT2D eigenvalue weighted by Crippen LogP contribution is 2.10. The number of rotatable bonds is 3. The van der Waals surface area contributed by atoms with Crippen molar-refractivity contribution in [1.82, 2.24) is 0 Å². The van der Waals surface area contributed by atoms with E-state index in [9.17, 15) is 4.79 Å². The number of hydrogen-bond acceptors (Lipinski definition) is 3. The van der Waals surface area contributed by atoms with Crippen molar-refractivity contribution >= 4 is 5.97 Å². The summed E-state index contributed by atoms with van der Waals surface area (Å²) in [5.41, 5.74) is 1.12. The molecule has 3 heteroatoms. The van der Waals surface area contributed by atoms with Crippen LogP contribution in [0.5, 0.6) is 0 Å². The Morgan fingerprint density at radius 2 is 2.12 bits per heavy atom. The maximum absolute atomic E-state index is 10.5. The topological polar surface area (TPSA) is 35.5 Å². The maximum Gasteiger partial charge on any atom is 0.311 e. The van der Waals surface area contributed by atoms with Crippen LogP contribution in [0.3, 0.4) is 0 Å². The van der Waals surface area contributed by atoms with Crippen molar-refractivity contribution < 1.29 is 14.3 Å². The first kappa shape index (κ1) is 10.7. The normalized spacial score (nSPS) is 18.0. The SMILES string of the molecule is O=C1CC(C#CCOCc2ccccc2)O1. The van der Waals surface area contributed by atoms with E-state index < -0.39 is 0 Å². The molecule has 0 spiro atoms. The molecule has 1 aliphatic rings. The molecule has 1 aromatic rings. The summed E-state index contributed by atoms with van der Waals surface area (Å²) in [7, 11) is 0. The summed E-state index contributed by atoms with van der Waals surface area (Å²) in [5, 5.41) is 0. The maximum atomic E-state index is 10.5. The van der Waals surface area contributed by atoms with Gasteiger partial charge >= 0.3 is 5.97 Å². The second-order valence-electron chi connectivity index (χ2n) is 3.48. The lowest BCUT2D eigenvalue weighted by atomic mass is 10.2. The number of cyclic esters (lactones) is 1. The molecule has 3 nitrogen and oxygen atoms in total. The van der Waals surface area contributed by atoms with E-state index in [1.807, 2.05) is 30.3 Å². The molecule has 82 valence electrons. The minimum absolute atomic E-state index is 0.176. The van der Waals surface area contributed by atoms with Crippen molar-refractivity contribution in [3.63, 3.8) is 0 Å². The fourth-order valence-electron chi connectivity index (χ4n) is 1.33. The molecule has 1 unspecified atom stereocenters. The Hall–Kier alpha value is -1.79. The lowest BCUT2D eigenvalue weighted by molar-refractivity contribution is -0.163. The molecule has 0 bridgehead atoms. The predicted molar refractivity (Wildman–Crippen MR) is 58.4 cm³/mol. The van der Waals surface area contributed by atoms with E-state index in [-0.39, 0.29) is 12.1 Å². The molecule has 1 atom stereocenters. The van der Waals surface area contributed by atoms with Crippen LogP contribution in [0, 0.1) is 11.8 Å². The molecule has 1 heterocycles. The molecule has 0 radical (unpaired) electrons. The van der Waals surface area contributed by atoms with Gasteiger partial charge in [0.2, 0.25) is 0 Å². The number of ether oxygens (including phenoxy) is 2. The Morgan fingerprint density at radius 1 is 1.38 bits per heavy atom. The summed E-state index contributed by atoms with van der Waals surface area (Å²) in [5.74, 6) is 5.47. The molecular weight excluding hydrogens is 204 g/mol. The van der Waals surface area contributed by atoms with Gasteiger partial charge in [0.05, 0.1) is 13.0 Å². The molecule has 0 saturated carbocycles. The van der Waals surface area contributed by atoms with Gasteiger partial charge in [-0.25, -0.2) is 0 Å². The average Bonchev–Trinajstić information content (AvgIpc) is 2.27. The summed E-state index contributed by atoms with van der Waals surface area (Å²) in [6.07, 6.45) is 0.193. The van der Waals surface area contributed by atoms with Crippen LogP contribution in [-0.2, 0) is 20.9 Å². The number of esters is 1. The van der Waals surface area contributed by atoms with E-state index in [2.05, 4.69) is 11.8 Å². The number of carbonyl (C=O) groups is 1. The van der Waals surface area contributed by atoms with Crippen molar-refractivity contribution in [1.29, 1.82) is 0 Å². The van der Waals surface area contributed by atoms with Gasteiger partial charge in [0.15, 0.2) is 6.10 Å². The van der Waals surface area contributed by atoms with Crippen LogP contribution in [-0.4, -0.2) is 18.7 Å².